The van der Waals surface area contributed by atoms with Gasteiger partial charge in [0.25, 0.3) is 0 Å². The van der Waals surface area contributed by atoms with Gasteiger partial charge in [0.1, 0.15) is 5.03 Å². The lowest BCUT2D eigenvalue weighted by Gasteiger charge is -2.12. The van der Waals surface area contributed by atoms with Crippen molar-refractivity contribution in [3.63, 3.8) is 0 Å². The number of ketones is 1. The van der Waals surface area contributed by atoms with E-state index in [0.717, 1.165) is 33.1 Å². The molecule has 3 rings (SSSR count). The third kappa shape index (κ3) is 3.85. The zero-order valence-electron chi connectivity index (χ0n) is 15.6. The van der Waals surface area contributed by atoms with Gasteiger partial charge >= 0.3 is 0 Å². The molecule has 5 nitrogen and oxygen atoms in total. The molecule has 0 aliphatic rings. The van der Waals surface area contributed by atoms with Crippen LogP contribution in [0.15, 0.2) is 41.4 Å². The van der Waals surface area contributed by atoms with Crippen LogP contribution in [0, 0.1) is 27.7 Å². The summed E-state index contributed by atoms with van der Waals surface area (Å²) in [7, 11) is 0. The predicted molar refractivity (Wildman–Crippen MR) is 104 cm³/mol. The Labute approximate surface area is 157 Å². The van der Waals surface area contributed by atoms with E-state index in [1.165, 1.54) is 11.8 Å². The Hall–Kier alpha value is -2.47. The number of carbonyl (C=O) groups excluding carboxylic acids is 1. The number of Topliss-reactive ketones (excluding diaryl/α,β-unsaturated/α-hetero) is 1. The van der Waals surface area contributed by atoms with Gasteiger partial charge in [-0.25, -0.2) is 4.68 Å². The summed E-state index contributed by atoms with van der Waals surface area (Å²) >= 11 is 1.42. The molecule has 0 N–H and O–H groups in total. The number of hydrogen-bond donors (Lipinski definition) is 0. The van der Waals surface area contributed by atoms with Crippen LogP contribution in [-0.4, -0.2) is 31.0 Å². The van der Waals surface area contributed by atoms with Crippen LogP contribution in [-0.2, 0) is 0 Å². The fraction of sp³-hybridized carbons (Fsp3) is 0.300. The quantitative estimate of drug-likeness (QED) is 0.499. The summed E-state index contributed by atoms with van der Waals surface area (Å²) in [5, 5.41) is 13.4. The molecule has 0 saturated heterocycles. The van der Waals surface area contributed by atoms with E-state index < -0.39 is 0 Å². The maximum Gasteiger partial charge on any atom is 0.176 e. The summed E-state index contributed by atoms with van der Waals surface area (Å²) in [6.07, 6.45) is 0. The van der Waals surface area contributed by atoms with Gasteiger partial charge in [-0.2, -0.15) is 5.10 Å². The number of carbonyl (C=O) groups is 1. The number of rotatable bonds is 5. The van der Waals surface area contributed by atoms with Crippen LogP contribution in [0.1, 0.15) is 39.8 Å². The van der Waals surface area contributed by atoms with Crippen LogP contribution in [0.2, 0.25) is 0 Å². The first-order valence-corrected chi connectivity index (χ1v) is 9.38. The second kappa shape index (κ2) is 7.41. The normalized spacial score (nSPS) is 12.2. The third-order valence-corrected chi connectivity index (χ3v) is 5.20. The summed E-state index contributed by atoms with van der Waals surface area (Å²) in [6, 6.07) is 11.7. The highest BCUT2D eigenvalue weighted by Gasteiger charge is 2.19. The van der Waals surface area contributed by atoms with E-state index in [1.807, 2.05) is 71.0 Å². The molecule has 0 amide bonds. The minimum atomic E-state index is -0.232. The Kier molecular flexibility index (Phi) is 5.23. The monoisotopic (exact) mass is 366 g/mol. The third-order valence-electron chi connectivity index (χ3n) is 4.18. The van der Waals surface area contributed by atoms with E-state index in [0.29, 0.717) is 5.82 Å². The molecule has 0 fully saturated rings. The number of aryl methyl sites for hydroxylation is 4. The van der Waals surface area contributed by atoms with Crippen LogP contribution >= 0.6 is 11.8 Å². The van der Waals surface area contributed by atoms with E-state index >= 15 is 0 Å². The van der Waals surface area contributed by atoms with Crippen molar-refractivity contribution in [3.05, 3.63) is 64.5 Å². The van der Waals surface area contributed by atoms with E-state index in [2.05, 4.69) is 15.3 Å². The fourth-order valence-electron chi connectivity index (χ4n) is 2.80. The van der Waals surface area contributed by atoms with Gasteiger partial charge in [0.15, 0.2) is 11.6 Å². The first kappa shape index (κ1) is 18.3. The van der Waals surface area contributed by atoms with Crippen molar-refractivity contribution >= 4 is 17.5 Å². The molecular weight excluding hydrogens is 344 g/mol. The number of nitrogens with zero attached hydrogens (tertiary/aromatic N) is 4. The van der Waals surface area contributed by atoms with Crippen molar-refractivity contribution in [1.29, 1.82) is 0 Å². The topological polar surface area (TPSA) is 60.7 Å². The van der Waals surface area contributed by atoms with Crippen LogP contribution in [0.3, 0.4) is 0 Å². The standard InChI is InChI=1S/C20H22N4OS/c1-12-6-7-13(2)17(10-12)20(25)16(5)26-19-9-8-18(21-22-19)24-15(4)11-14(3)23-24/h6-11,16H,1-5H3. The summed E-state index contributed by atoms with van der Waals surface area (Å²) in [5.41, 5.74) is 4.81. The average molecular weight is 366 g/mol. The summed E-state index contributed by atoms with van der Waals surface area (Å²) in [4.78, 5) is 12.8. The molecule has 1 aromatic carbocycles. The van der Waals surface area contributed by atoms with Crippen molar-refractivity contribution in [2.45, 2.75) is 44.9 Å². The average Bonchev–Trinajstić information content (AvgIpc) is 2.95. The van der Waals surface area contributed by atoms with E-state index in [-0.39, 0.29) is 11.0 Å². The molecule has 1 unspecified atom stereocenters. The summed E-state index contributed by atoms with van der Waals surface area (Å²) in [6.45, 7) is 9.80. The molecule has 2 heterocycles. The molecule has 6 heteroatoms. The lowest BCUT2D eigenvalue weighted by atomic mass is 10.0. The van der Waals surface area contributed by atoms with Gasteiger partial charge < -0.3 is 0 Å². The molecule has 134 valence electrons. The Morgan fingerprint density at radius 2 is 1.81 bits per heavy atom. The maximum absolute atomic E-state index is 12.8. The van der Waals surface area contributed by atoms with Gasteiger partial charge in [0.05, 0.1) is 10.9 Å². The SMILES string of the molecule is Cc1ccc(C)c(C(=O)C(C)Sc2ccc(-n3nc(C)cc3C)nn2)c1. The Morgan fingerprint density at radius 3 is 2.42 bits per heavy atom. The van der Waals surface area contributed by atoms with E-state index in [1.54, 1.807) is 4.68 Å². The zero-order valence-corrected chi connectivity index (χ0v) is 16.5. The molecule has 0 radical (unpaired) electrons. The molecule has 0 saturated carbocycles. The maximum atomic E-state index is 12.8. The highest BCUT2D eigenvalue weighted by Crippen LogP contribution is 2.25. The molecule has 0 spiro atoms. The first-order chi connectivity index (χ1) is 12.3. The minimum Gasteiger partial charge on any atom is -0.293 e. The zero-order chi connectivity index (χ0) is 18.8. The van der Waals surface area contributed by atoms with E-state index in [9.17, 15) is 4.79 Å². The lowest BCUT2D eigenvalue weighted by molar-refractivity contribution is 0.0993. The van der Waals surface area contributed by atoms with Crippen molar-refractivity contribution in [2.75, 3.05) is 0 Å². The van der Waals surface area contributed by atoms with Crippen molar-refractivity contribution < 1.29 is 4.79 Å². The number of thioether (sulfide) groups is 1. The van der Waals surface area contributed by atoms with Gasteiger partial charge in [-0.05, 0) is 64.4 Å². The summed E-state index contributed by atoms with van der Waals surface area (Å²) < 4.78 is 1.77. The molecular formula is C20H22N4OS. The Bertz CT molecular complexity index is 947. The van der Waals surface area contributed by atoms with Crippen molar-refractivity contribution in [3.8, 4) is 5.82 Å². The summed E-state index contributed by atoms with van der Waals surface area (Å²) in [5.74, 6) is 0.786. The van der Waals surface area contributed by atoms with Gasteiger partial charge in [-0.15, -0.1) is 10.2 Å². The number of hydrogen-bond acceptors (Lipinski definition) is 5. The number of aromatic nitrogens is 4. The van der Waals surface area contributed by atoms with Gasteiger partial charge in [-0.1, -0.05) is 29.5 Å². The predicted octanol–water partition coefficient (Wildman–Crippen LogP) is 4.26. The van der Waals surface area contributed by atoms with Crippen molar-refractivity contribution in [1.82, 2.24) is 20.0 Å². The first-order valence-electron chi connectivity index (χ1n) is 8.50. The fourth-order valence-corrected chi connectivity index (χ4v) is 3.64. The second-order valence-corrected chi connectivity index (χ2v) is 7.87. The van der Waals surface area contributed by atoms with Crippen LogP contribution in [0.5, 0.6) is 0 Å². The van der Waals surface area contributed by atoms with Crippen LogP contribution < -0.4 is 0 Å². The molecule has 0 aliphatic heterocycles. The van der Waals surface area contributed by atoms with Gasteiger partial charge in [0, 0.05) is 11.3 Å². The highest BCUT2D eigenvalue weighted by molar-refractivity contribution is 8.00. The molecule has 26 heavy (non-hydrogen) atoms. The second-order valence-electron chi connectivity index (χ2n) is 6.51. The smallest absolute Gasteiger partial charge is 0.176 e. The minimum absolute atomic E-state index is 0.112. The Balaban J connectivity index is 1.75. The molecule has 0 aliphatic carbocycles. The molecule has 3 aromatic rings. The lowest BCUT2D eigenvalue weighted by Crippen LogP contribution is -2.15. The molecule has 1 atom stereocenters. The van der Waals surface area contributed by atoms with Gasteiger partial charge in [0.2, 0.25) is 0 Å². The van der Waals surface area contributed by atoms with Crippen LogP contribution in [0.25, 0.3) is 5.82 Å². The van der Waals surface area contributed by atoms with Crippen molar-refractivity contribution in [2.24, 2.45) is 0 Å². The van der Waals surface area contributed by atoms with Crippen LogP contribution in [0.4, 0.5) is 0 Å². The van der Waals surface area contributed by atoms with Gasteiger partial charge in [-0.3, -0.25) is 4.79 Å². The Morgan fingerprint density at radius 1 is 1.04 bits per heavy atom. The largest absolute Gasteiger partial charge is 0.293 e. The highest BCUT2D eigenvalue weighted by atomic mass is 32.2. The number of benzene rings is 1. The van der Waals surface area contributed by atoms with E-state index in [4.69, 9.17) is 0 Å². The molecule has 2 aromatic heterocycles. The molecule has 0 bridgehead atoms.